The standard InChI is InChI=1S/C17H14F2N2O3/c1-10(22)11-2-4-12(5-3-11)20-16(23)9-17(24)21-13-6-7-14(18)15(19)8-13/h2-8H,9H2,1H3,(H,20,23)(H,21,24). The molecule has 0 unspecified atom stereocenters. The Balaban J connectivity index is 1.90. The van der Waals surface area contributed by atoms with Crippen LogP contribution in [0.5, 0.6) is 0 Å². The van der Waals surface area contributed by atoms with Crippen LogP contribution in [0, 0.1) is 11.6 Å². The fourth-order valence-electron chi connectivity index (χ4n) is 1.92. The summed E-state index contributed by atoms with van der Waals surface area (Å²) in [6.45, 7) is 1.43. The number of hydrogen-bond acceptors (Lipinski definition) is 3. The zero-order chi connectivity index (χ0) is 17.7. The van der Waals surface area contributed by atoms with Crippen LogP contribution in [-0.4, -0.2) is 17.6 Å². The molecule has 2 aromatic rings. The summed E-state index contributed by atoms with van der Waals surface area (Å²) in [6, 6.07) is 9.09. The lowest BCUT2D eigenvalue weighted by molar-refractivity contribution is -0.123. The summed E-state index contributed by atoms with van der Waals surface area (Å²) >= 11 is 0. The van der Waals surface area contributed by atoms with E-state index in [1.807, 2.05) is 0 Å². The molecule has 0 radical (unpaired) electrons. The van der Waals surface area contributed by atoms with Crippen LogP contribution in [0.25, 0.3) is 0 Å². The summed E-state index contributed by atoms with van der Waals surface area (Å²) in [5, 5.41) is 4.80. The molecule has 2 amide bonds. The second-order valence-electron chi connectivity index (χ2n) is 5.04. The van der Waals surface area contributed by atoms with E-state index in [2.05, 4.69) is 10.6 Å². The van der Waals surface area contributed by atoms with Gasteiger partial charge in [-0.15, -0.1) is 0 Å². The number of Topliss-reactive ketones (excluding diaryl/α,β-unsaturated/α-hetero) is 1. The molecule has 5 nitrogen and oxygen atoms in total. The van der Waals surface area contributed by atoms with Gasteiger partial charge in [0.2, 0.25) is 11.8 Å². The lowest BCUT2D eigenvalue weighted by atomic mass is 10.1. The highest BCUT2D eigenvalue weighted by molar-refractivity contribution is 6.08. The van der Waals surface area contributed by atoms with Gasteiger partial charge in [-0.25, -0.2) is 8.78 Å². The minimum atomic E-state index is -1.09. The van der Waals surface area contributed by atoms with E-state index in [0.717, 1.165) is 12.1 Å². The number of anilines is 2. The van der Waals surface area contributed by atoms with Gasteiger partial charge >= 0.3 is 0 Å². The maximum atomic E-state index is 13.0. The minimum Gasteiger partial charge on any atom is -0.326 e. The van der Waals surface area contributed by atoms with Crippen molar-refractivity contribution in [3.63, 3.8) is 0 Å². The third kappa shape index (κ3) is 4.70. The molecule has 0 aliphatic carbocycles. The number of amides is 2. The van der Waals surface area contributed by atoms with Gasteiger partial charge in [-0.1, -0.05) is 0 Å². The number of rotatable bonds is 5. The van der Waals surface area contributed by atoms with Crippen LogP contribution >= 0.6 is 0 Å². The Kier molecular flexibility index (Phi) is 5.36. The van der Waals surface area contributed by atoms with Crippen LogP contribution in [0.3, 0.4) is 0 Å². The Morgan fingerprint density at radius 3 is 1.92 bits per heavy atom. The SMILES string of the molecule is CC(=O)c1ccc(NC(=O)CC(=O)Nc2ccc(F)c(F)c2)cc1. The van der Waals surface area contributed by atoms with Crippen LogP contribution in [-0.2, 0) is 9.59 Å². The first kappa shape index (κ1) is 17.3. The normalized spacial score (nSPS) is 10.1. The van der Waals surface area contributed by atoms with Crippen LogP contribution < -0.4 is 10.6 Å². The Bertz CT molecular complexity index is 789. The fourth-order valence-corrected chi connectivity index (χ4v) is 1.92. The van der Waals surface area contributed by atoms with Gasteiger partial charge < -0.3 is 10.6 Å². The summed E-state index contributed by atoms with van der Waals surface area (Å²) in [5.41, 5.74) is 0.993. The number of benzene rings is 2. The molecular weight excluding hydrogens is 318 g/mol. The van der Waals surface area contributed by atoms with Crippen molar-refractivity contribution < 1.29 is 23.2 Å². The number of carbonyl (C=O) groups is 3. The van der Waals surface area contributed by atoms with Gasteiger partial charge in [-0.3, -0.25) is 14.4 Å². The molecule has 0 aliphatic heterocycles. The molecule has 2 rings (SSSR count). The van der Waals surface area contributed by atoms with E-state index in [4.69, 9.17) is 0 Å². The van der Waals surface area contributed by atoms with Crippen molar-refractivity contribution in [2.45, 2.75) is 13.3 Å². The second kappa shape index (κ2) is 7.45. The monoisotopic (exact) mass is 332 g/mol. The van der Waals surface area contributed by atoms with Crippen molar-refractivity contribution in [3.05, 3.63) is 59.7 Å². The number of nitrogens with one attached hydrogen (secondary N) is 2. The van der Waals surface area contributed by atoms with Crippen LogP contribution in [0.4, 0.5) is 20.2 Å². The van der Waals surface area contributed by atoms with Crippen molar-refractivity contribution in [2.75, 3.05) is 10.6 Å². The molecule has 124 valence electrons. The lowest BCUT2D eigenvalue weighted by Gasteiger charge is -2.07. The van der Waals surface area contributed by atoms with E-state index < -0.39 is 29.9 Å². The van der Waals surface area contributed by atoms with Gasteiger partial charge in [0.15, 0.2) is 17.4 Å². The van der Waals surface area contributed by atoms with E-state index in [0.29, 0.717) is 11.3 Å². The van der Waals surface area contributed by atoms with Crippen LogP contribution in [0.1, 0.15) is 23.7 Å². The molecule has 0 saturated carbocycles. The summed E-state index contributed by atoms with van der Waals surface area (Å²) in [7, 11) is 0. The first-order valence-electron chi connectivity index (χ1n) is 7.01. The van der Waals surface area contributed by atoms with Gasteiger partial charge in [0.25, 0.3) is 0 Å². The highest BCUT2D eigenvalue weighted by atomic mass is 19.2. The first-order valence-corrected chi connectivity index (χ1v) is 7.01. The number of carbonyl (C=O) groups excluding carboxylic acids is 3. The molecule has 0 atom stereocenters. The Hall–Kier alpha value is -3.09. The molecular formula is C17H14F2N2O3. The summed E-state index contributed by atoms with van der Waals surface area (Å²) < 4.78 is 25.8. The van der Waals surface area contributed by atoms with Crippen molar-refractivity contribution in [1.82, 2.24) is 0 Å². The van der Waals surface area contributed by atoms with Gasteiger partial charge in [0.05, 0.1) is 0 Å². The average molecular weight is 332 g/mol. The molecule has 0 aromatic heterocycles. The maximum absolute atomic E-state index is 13.0. The van der Waals surface area contributed by atoms with E-state index in [9.17, 15) is 23.2 Å². The Labute approximate surface area is 136 Å². The zero-order valence-electron chi connectivity index (χ0n) is 12.7. The predicted octanol–water partition coefficient (Wildman–Crippen LogP) is 3.13. The molecule has 0 spiro atoms. The maximum Gasteiger partial charge on any atom is 0.233 e. The van der Waals surface area contributed by atoms with Crippen molar-refractivity contribution in [1.29, 1.82) is 0 Å². The van der Waals surface area contributed by atoms with E-state index in [1.165, 1.54) is 13.0 Å². The van der Waals surface area contributed by atoms with Crippen molar-refractivity contribution >= 4 is 29.0 Å². The molecule has 24 heavy (non-hydrogen) atoms. The number of halogens is 2. The molecule has 2 N–H and O–H groups in total. The van der Waals surface area contributed by atoms with E-state index >= 15 is 0 Å². The van der Waals surface area contributed by atoms with E-state index in [-0.39, 0.29) is 11.5 Å². The van der Waals surface area contributed by atoms with Gasteiger partial charge in [-0.2, -0.15) is 0 Å². The smallest absolute Gasteiger partial charge is 0.233 e. The molecule has 2 aromatic carbocycles. The molecule has 0 aliphatic rings. The molecule has 0 saturated heterocycles. The topological polar surface area (TPSA) is 75.3 Å². The number of ketones is 1. The van der Waals surface area contributed by atoms with Gasteiger partial charge in [0, 0.05) is 23.0 Å². The van der Waals surface area contributed by atoms with E-state index in [1.54, 1.807) is 24.3 Å². The minimum absolute atomic E-state index is 0.0533. The number of hydrogen-bond donors (Lipinski definition) is 2. The van der Waals surface area contributed by atoms with Gasteiger partial charge in [0.1, 0.15) is 6.42 Å². The Morgan fingerprint density at radius 1 is 0.833 bits per heavy atom. The third-order valence-corrected chi connectivity index (χ3v) is 3.10. The van der Waals surface area contributed by atoms with Crippen molar-refractivity contribution in [2.24, 2.45) is 0 Å². The summed E-state index contributed by atoms with van der Waals surface area (Å²) in [5.74, 6) is -3.47. The summed E-state index contributed by atoms with van der Waals surface area (Å²) in [6.07, 6.45) is -0.493. The largest absolute Gasteiger partial charge is 0.326 e. The molecule has 7 heteroatoms. The van der Waals surface area contributed by atoms with Crippen molar-refractivity contribution in [3.8, 4) is 0 Å². The third-order valence-electron chi connectivity index (χ3n) is 3.10. The molecule has 0 fully saturated rings. The lowest BCUT2D eigenvalue weighted by Crippen LogP contribution is -2.21. The van der Waals surface area contributed by atoms with Gasteiger partial charge in [-0.05, 0) is 43.3 Å². The predicted molar refractivity (Wildman–Crippen MR) is 84.7 cm³/mol. The van der Waals surface area contributed by atoms with Crippen LogP contribution in [0.15, 0.2) is 42.5 Å². The fraction of sp³-hybridized carbons (Fsp3) is 0.118. The highest BCUT2D eigenvalue weighted by Crippen LogP contribution is 2.14. The zero-order valence-corrected chi connectivity index (χ0v) is 12.7. The van der Waals surface area contributed by atoms with Crippen LogP contribution in [0.2, 0.25) is 0 Å². The summed E-state index contributed by atoms with van der Waals surface area (Å²) in [4.78, 5) is 34.7. The Morgan fingerprint density at radius 2 is 1.38 bits per heavy atom. The second-order valence-corrected chi connectivity index (χ2v) is 5.04. The highest BCUT2D eigenvalue weighted by Gasteiger charge is 2.11. The molecule has 0 bridgehead atoms. The quantitative estimate of drug-likeness (QED) is 0.652. The average Bonchev–Trinajstić information content (AvgIpc) is 2.51. The first-order chi connectivity index (χ1) is 11.3. The molecule has 0 heterocycles.